The van der Waals surface area contributed by atoms with E-state index in [4.69, 9.17) is 5.11 Å². The van der Waals surface area contributed by atoms with Gasteiger partial charge in [0.1, 0.15) is 11.4 Å². The largest absolute Gasteiger partial charge is 0.478 e. The minimum atomic E-state index is -1.44. The molecule has 1 aromatic carbocycles. The van der Waals surface area contributed by atoms with Crippen LogP contribution in [-0.2, 0) is 0 Å². The number of benzene rings is 1. The van der Waals surface area contributed by atoms with Crippen LogP contribution in [0.1, 0.15) is 31.1 Å². The summed E-state index contributed by atoms with van der Waals surface area (Å²) in [7, 11) is 0. The minimum absolute atomic E-state index is 0.0780. The Bertz CT molecular complexity index is 565. The van der Waals surface area contributed by atoms with Gasteiger partial charge in [-0.15, -0.1) is 6.58 Å². The van der Waals surface area contributed by atoms with Crippen LogP contribution in [0.15, 0.2) is 30.9 Å². The van der Waals surface area contributed by atoms with Crippen molar-refractivity contribution < 1.29 is 19.1 Å². The van der Waals surface area contributed by atoms with E-state index in [1.165, 1.54) is 17.0 Å². The summed E-state index contributed by atoms with van der Waals surface area (Å²) in [6.07, 6.45) is 1.56. The van der Waals surface area contributed by atoms with E-state index in [0.29, 0.717) is 0 Å². The number of hydrogen-bond acceptors (Lipinski definition) is 2. The van der Waals surface area contributed by atoms with Gasteiger partial charge in [0, 0.05) is 12.1 Å². The molecule has 2 N–H and O–H groups in total. The number of carboxylic acid groups (broad SMARTS) is 1. The summed E-state index contributed by atoms with van der Waals surface area (Å²) < 4.78 is 13.6. The molecule has 0 spiro atoms. The Hall–Kier alpha value is -2.37. The van der Waals surface area contributed by atoms with Crippen LogP contribution in [0.4, 0.5) is 14.9 Å². The van der Waals surface area contributed by atoms with E-state index in [1.54, 1.807) is 6.08 Å². The zero-order valence-electron chi connectivity index (χ0n) is 12.3. The number of urea groups is 1. The van der Waals surface area contributed by atoms with Crippen LogP contribution in [0.3, 0.4) is 0 Å². The molecular formula is C15H19FN2O3. The SMILES string of the molecule is C=CCN(C(=O)Nc1cccc(F)c1C(=O)O)C(C)(C)C. The molecule has 1 aromatic rings. The van der Waals surface area contributed by atoms with Gasteiger partial charge in [-0.2, -0.15) is 0 Å². The fraction of sp³-hybridized carbons (Fsp3) is 0.333. The van der Waals surface area contributed by atoms with E-state index in [-0.39, 0.29) is 12.2 Å². The molecular weight excluding hydrogens is 275 g/mol. The van der Waals surface area contributed by atoms with E-state index in [2.05, 4.69) is 11.9 Å². The Morgan fingerprint density at radius 1 is 1.43 bits per heavy atom. The smallest absolute Gasteiger partial charge is 0.340 e. The summed E-state index contributed by atoms with van der Waals surface area (Å²) in [6.45, 7) is 9.37. The van der Waals surface area contributed by atoms with Crippen molar-refractivity contribution >= 4 is 17.7 Å². The third-order valence-electron chi connectivity index (χ3n) is 2.84. The lowest BCUT2D eigenvalue weighted by molar-refractivity contribution is 0.0693. The fourth-order valence-corrected chi connectivity index (χ4v) is 1.82. The first kappa shape index (κ1) is 16.7. The predicted octanol–water partition coefficient (Wildman–Crippen LogP) is 3.34. The third-order valence-corrected chi connectivity index (χ3v) is 2.84. The summed E-state index contributed by atoms with van der Waals surface area (Å²) >= 11 is 0. The average molecular weight is 294 g/mol. The zero-order chi connectivity index (χ0) is 16.2. The highest BCUT2D eigenvalue weighted by atomic mass is 19.1. The second-order valence-electron chi connectivity index (χ2n) is 5.47. The van der Waals surface area contributed by atoms with Crippen molar-refractivity contribution in [3.8, 4) is 0 Å². The van der Waals surface area contributed by atoms with E-state index in [9.17, 15) is 14.0 Å². The number of carbonyl (C=O) groups is 2. The van der Waals surface area contributed by atoms with Crippen molar-refractivity contribution in [1.29, 1.82) is 0 Å². The van der Waals surface area contributed by atoms with Crippen molar-refractivity contribution in [3.63, 3.8) is 0 Å². The maximum Gasteiger partial charge on any atom is 0.340 e. The topological polar surface area (TPSA) is 69.6 Å². The number of rotatable bonds is 4. The Morgan fingerprint density at radius 3 is 2.52 bits per heavy atom. The standard InChI is InChI=1S/C15H19FN2O3/c1-5-9-18(15(2,3)4)14(21)17-11-8-6-7-10(16)12(11)13(19)20/h5-8H,1,9H2,2-4H3,(H,17,21)(H,19,20). The lowest BCUT2D eigenvalue weighted by Gasteiger charge is -2.35. The Labute approximate surface area is 123 Å². The Balaban J connectivity index is 3.10. The summed E-state index contributed by atoms with van der Waals surface area (Å²) in [4.78, 5) is 24.9. The van der Waals surface area contributed by atoms with Crippen LogP contribution >= 0.6 is 0 Å². The maximum absolute atomic E-state index is 13.6. The Morgan fingerprint density at radius 2 is 2.05 bits per heavy atom. The summed E-state index contributed by atoms with van der Waals surface area (Å²) in [6, 6.07) is 3.20. The summed E-state index contributed by atoms with van der Waals surface area (Å²) in [5.41, 5.74) is -1.13. The van der Waals surface area contributed by atoms with Crippen LogP contribution in [0.25, 0.3) is 0 Å². The number of anilines is 1. The minimum Gasteiger partial charge on any atom is -0.478 e. The van der Waals surface area contributed by atoms with Gasteiger partial charge < -0.3 is 15.3 Å². The van der Waals surface area contributed by atoms with E-state index < -0.39 is 28.9 Å². The molecule has 0 atom stereocenters. The first-order valence-electron chi connectivity index (χ1n) is 6.39. The summed E-state index contributed by atoms with van der Waals surface area (Å²) in [5, 5.41) is 11.5. The molecule has 0 aliphatic heterocycles. The molecule has 6 heteroatoms. The molecule has 1 rings (SSSR count). The molecule has 0 aromatic heterocycles. The van der Waals surface area contributed by atoms with Gasteiger partial charge in [0.05, 0.1) is 5.69 Å². The monoisotopic (exact) mass is 294 g/mol. The third kappa shape index (κ3) is 4.05. The van der Waals surface area contributed by atoms with E-state index in [1.807, 2.05) is 20.8 Å². The first-order valence-corrected chi connectivity index (χ1v) is 6.39. The van der Waals surface area contributed by atoms with Gasteiger partial charge in [0.25, 0.3) is 0 Å². The van der Waals surface area contributed by atoms with Gasteiger partial charge in [0.15, 0.2) is 0 Å². The summed E-state index contributed by atoms with van der Waals surface area (Å²) in [5.74, 6) is -2.33. The second-order valence-corrected chi connectivity index (χ2v) is 5.47. The zero-order valence-corrected chi connectivity index (χ0v) is 12.3. The average Bonchev–Trinajstić information content (AvgIpc) is 2.33. The normalized spacial score (nSPS) is 10.9. The number of carboxylic acids is 1. The number of nitrogens with zero attached hydrogens (tertiary/aromatic N) is 1. The fourth-order valence-electron chi connectivity index (χ4n) is 1.82. The number of halogens is 1. The van der Waals surface area contributed by atoms with Crippen molar-refractivity contribution in [2.24, 2.45) is 0 Å². The molecule has 0 saturated heterocycles. The quantitative estimate of drug-likeness (QED) is 0.837. The van der Waals surface area contributed by atoms with Crippen molar-refractivity contribution in [1.82, 2.24) is 4.90 Å². The van der Waals surface area contributed by atoms with Crippen LogP contribution in [0, 0.1) is 5.82 Å². The van der Waals surface area contributed by atoms with Crippen LogP contribution < -0.4 is 5.32 Å². The van der Waals surface area contributed by atoms with Crippen LogP contribution in [0.5, 0.6) is 0 Å². The molecule has 0 saturated carbocycles. The van der Waals surface area contributed by atoms with Crippen molar-refractivity contribution in [2.45, 2.75) is 26.3 Å². The number of carbonyl (C=O) groups excluding carboxylic acids is 1. The molecule has 0 bridgehead atoms. The van der Waals surface area contributed by atoms with Gasteiger partial charge in [-0.25, -0.2) is 14.0 Å². The lowest BCUT2D eigenvalue weighted by atomic mass is 10.1. The van der Waals surface area contributed by atoms with Gasteiger partial charge in [-0.3, -0.25) is 0 Å². The van der Waals surface area contributed by atoms with Crippen molar-refractivity contribution in [3.05, 3.63) is 42.2 Å². The highest BCUT2D eigenvalue weighted by Crippen LogP contribution is 2.21. The molecule has 21 heavy (non-hydrogen) atoms. The van der Waals surface area contributed by atoms with Crippen LogP contribution in [-0.4, -0.2) is 34.1 Å². The highest BCUT2D eigenvalue weighted by Gasteiger charge is 2.27. The number of amides is 2. The van der Waals surface area contributed by atoms with Crippen LogP contribution in [0.2, 0.25) is 0 Å². The molecule has 0 aliphatic rings. The molecule has 0 unspecified atom stereocenters. The molecule has 0 heterocycles. The Kier molecular flexibility index (Phi) is 5.07. The molecule has 0 fully saturated rings. The second kappa shape index (κ2) is 6.39. The molecule has 0 aliphatic carbocycles. The van der Waals surface area contributed by atoms with Gasteiger partial charge in [-0.1, -0.05) is 12.1 Å². The van der Waals surface area contributed by atoms with Gasteiger partial charge in [-0.05, 0) is 32.9 Å². The van der Waals surface area contributed by atoms with Gasteiger partial charge >= 0.3 is 12.0 Å². The maximum atomic E-state index is 13.6. The first-order chi connectivity index (χ1) is 9.68. The lowest BCUT2D eigenvalue weighted by Crippen LogP contribution is -2.47. The van der Waals surface area contributed by atoms with Gasteiger partial charge in [0.2, 0.25) is 0 Å². The molecule has 2 amide bonds. The number of hydrogen-bond donors (Lipinski definition) is 2. The molecule has 5 nitrogen and oxygen atoms in total. The highest BCUT2D eigenvalue weighted by molar-refractivity contribution is 6.00. The molecule has 114 valence electrons. The molecule has 0 radical (unpaired) electrons. The number of nitrogens with one attached hydrogen (secondary N) is 1. The predicted molar refractivity (Wildman–Crippen MR) is 79.0 cm³/mol. The number of aromatic carboxylic acids is 1. The van der Waals surface area contributed by atoms with Crippen molar-refractivity contribution in [2.75, 3.05) is 11.9 Å². The van der Waals surface area contributed by atoms with E-state index >= 15 is 0 Å². The van der Waals surface area contributed by atoms with E-state index in [0.717, 1.165) is 6.07 Å².